The number of aromatic amines is 1. The SMILES string of the molecule is Cc1nc([C@H]2CCCN(C(=O)CN3CCOc4ccccc4C3)C2)n[nH]1. The van der Waals surface area contributed by atoms with Gasteiger partial charge < -0.3 is 9.64 Å². The minimum Gasteiger partial charge on any atom is -0.492 e. The Kier molecular flexibility index (Phi) is 4.88. The molecule has 4 rings (SSSR count). The summed E-state index contributed by atoms with van der Waals surface area (Å²) in [6, 6.07) is 8.06. The molecule has 1 atom stereocenters. The number of benzene rings is 1. The van der Waals surface area contributed by atoms with Crippen LogP contribution in [0.3, 0.4) is 0 Å². The maximum atomic E-state index is 12.9. The monoisotopic (exact) mass is 355 g/mol. The number of piperidine rings is 1. The number of para-hydroxylation sites is 1. The van der Waals surface area contributed by atoms with Crippen LogP contribution in [-0.2, 0) is 11.3 Å². The van der Waals surface area contributed by atoms with Crippen LogP contribution in [0.4, 0.5) is 0 Å². The highest BCUT2D eigenvalue weighted by Crippen LogP contribution is 2.25. The van der Waals surface area contributed by atoms with Gasteiger partial charge in [-0.05, 0) is 25.8 Å². The van der Waals surface area contributed by atoms with Crippen molar-refractivity contribution < 1.29 is 9.53 Å². The summed E-state index contributed by atoms with van der Waals surface area (Å²) in [5.74, 6) is 3.00. The number of carbonyl (C=O) groups is 1. The molecular weight excluding hydrogens is 330 g/mol. The minimum atomic E-state index is 0.182. The van der Waals surface area contributed by atoms with Crippen LogP contribution in [0.1, 0.15) is 36.0 Å². The van der Waals surface area contributed by atoms with E-state index in [0.717, 1.165) is 55.4 Å². The average Bonchev–Trinajstić information content (AvgIpc) is 2.99. The Bertz CT molecular complexity index is 775. The quantitative estimate of drug-likeness (QED) is 0.907. The number of nitrogens with one attached hydrogen (secondary N) is 1. The molecule has 2 aromatic rings. The lowest BCUT2D eigenvalue weighted by atomic mass is 9.97. The van der Waals surface area contributed by atoms with Crippen LogP contribution in [-0.4, -0.2) is 63.7 Å². The molecule has 26 heavy (non-hydrogen) atoms. The zero-order valence-electron chi connectivity index (χ0n) is 15.1. The zero-order valence-corrected chi connectivity index (χ0v) is 15.1. The predicted molar refractivity (Wildman–Crippen MR) is 96.9 cm³/mol. The number of aromatic nitrogens is 3. The van der Waals surface area contributed by atoms with Gasteiger partial charge in [-0.3, -0.25) is 14.8 Å². The summed E-state index contributed by atoms with van der Waals surface area (Å²) in [5.41, 5.74) is 1.14. The zero-order chi connectivity index (χ0) is 17.9. The molecule has 0 radical (unpaired) electrons. The van der Waals surface area contributed by atoms with Crippen molar-refractivity contribution in [2.24, 2.45) is 0 Å². The second-order valence-corrected chi connectivity index (χ2v) is 7.12. The molecule has 1 aromatic heterocycles. The van der Waals surface area contributed by atoms with Crippen LogP contribution in [0, 0.1) is 6.92 Å². The van der Waals surface area contributed by atoms with Crippen LogP contribution in [0.2, 0.25) is 0 Å². The fraction of sp³-hybridized carbons (Fsp3) is 0.526. The molecule has 1 N–H and O–H groups in total. The summed E-state index contributed by atoms with van der Waals surface area (Å²) >= 11 is 0. The normalized spacial score (nSPS) is 21.0. The Morgan fingerprint density at radius 3 is 3.08 bits per heavy atom. The van der Waals surface area contributed by atoms with Crippen molar-refractivity contribution in [2.45, 2.75) is 32.2 Å². The van der Waals surface area contributed by atoms with Gasteiger partial charge in [-0.25, -0.2) is 4.98 Å². The summed E-state index contributed by atoms with van der Waals surface area (Å²) < 4.78 is 5.80. The fourth-order valence-corrected chi connectivity index (χ4v) is 3.76. The molecular formula is C19H25N5O2. The fourth-order valence-electron chi connectivity index (χ4n) is 3.76. The van der Waals surface area contributed by atoms with Gasteiger partial charge in [0, 0.05) is 37.7 Å². The van der Waals surface area contributed by atoms with E-state index in [2.05, 4.69) is 26.1 Å². The number of ether oxygens (including phenoxy) is 1. The van der Waals surface area contributed by atoms with E-state index in [1.54, 1.807) is 0 Å². The number of carbonyl (C=O) groups excluding carboxylic acids is 1. The maximum Gasteiger partial charge on any atom is 0.236 e. The Labute approximate surface area is 153 Å². The average molecular weight is 355 g/mol. The van der Waals surface area contributed by atoms with E-state index in [1.165, 1.54) is 0 Å². The number of nitrogens with zero attached hydrogens (tertiary/aromatic N) is 4. The summed E-state index contributed by atoms with van der Waals surface area (Å²) in [4.78, 5) is 21.5. The van der Waals surface area contributed by atoms with Crippen molar-refractivity contribution in [1.82, 2.24) is 25.0 Å². The molecule has 7 heteroatoms. The van der Waals surface area contributed by atoms with Crippen LogP contribution in [0.15, 0.2) is 24.3 Å². The lowest BCUT2D eigenvalue weighted by Crippen LogP contribution is -2.45. The molecule has 0 unspecified atom stereocenters. The second kappa shape index (κ2) is 7.45. The molecule has 0 saturated carbocycles. The summed E-state index contributed by atoms with van der Waals surface area (Å²) in [6.45, 7) is 5.98. The number of aryl methyl sites for hydroxylation is 1. The molecule has 2 aliphatic heterocycles. The second-order valence-electron chi connectivity index (χ2n) is 7.12. The van der Waals surface area contributed by atoms with E-state index in [1.807, 2.05) is 30.0 Å². The van der Waals surface area contributed by atoms with Gasteiger partial charge in [0.25, 0.3) is 0 Å². The van der Waals surface area contributed by atoms with Gasteiger partial charge in [-0.1, -0.05) is 18.2 Å². The number of rotatable bonds is 3. The highest BCUT2D eigenvalue weighted by molar-refractivity contribution is 5.78. The Balaban J connectivity index is 1.38. The molecule has 2 aliphatic rings. The Morgan fingerprint density at radius 1 is 1.35 bits per heavy atom. The maximum absolute atomic E-state index is 12.9. The molecule has 0 spiro atoms. The molecule has 0 aliphatic carbocycles. The van der Waals surface area contributed by atoms with Crippen LogP contribution < -0.4 is 4.74 Å². The largest absolute Gasteiger partial charge is 0.492 e. The van der Waals surface area contributed by atoms with Crippen LogP contribution in [0.5, 0.6) is 5.75 Å². The van der Waals surface area contributed by atoms with E-state index in [0.29, 0.717) is 19.7 Å². The summed E-state index contributed by atoms with van der Waals surface area (Å²) in [6.07, 6.45) is 2.03. The molecule has 3 heterocycles. The van der Waals surface area contributed by atoms with E-state index >= 15 is 0 Å². The van der Waals surface area contributed by atoms with Crippen LogP contribution >= 0.6 is 0 Å². The number of fused-ring (bicyclic) bond motifs is 1. The van der Waals surface area contributed by atoms with E-state index in [9.17, 15) is 4.79 Å². The summed E-state index contributed by atoms with van der Waals surface area (Å²) in [7, 11) is 0. The van der Waals surface area contributed by atoms with E-state index in [4.69, 9.17) is 4.74 Å². The number of hydrogen-bond acceptors (Lipinski definition) is 5. The number of likely N-dealkylation sites (tertiary alicyclic amines) is 1. The van der Waals surface area contributed by atoms with Crippen molar-refractivity contribution in [2.75, 3.05) is 32.8 Å². The Morgan fingerprint density at radius 2 is 2.23 bits per heavy atom. The first-order valence-corrected chi connectivity index (χ1v) is 9.29. The number of amides is 1. The topological polar surface area (TPSA) is 74.3 Å². The van der Waals surface area contributed by atoms with E-state index < -0.39 is 0 Å². The predicted octanol–water partition coefficient (Wildman–Crippen LogP) is 1.71. The van der Waals surface area contributed by atoms with Crippen molar-refractivity contribution in [3.8, 4) is 5.75 Å². The van der Waals surface area contributed by atoms with Crippen LogP contribution in [0.25, 0.3) is 0 Å². The number of hydrogen-bond donors (Lipinski definition) is 1. The van der Waals surface area contributed by atoms with Gasteiger partial charge >= 0.3 is 0 Å². The molecule has 1 amide bonds. The standard InChI is InChI=1S/C19H25N5O2/c1-14-20-19(22-21-14)16-6-4-8-24(12-16)18(25)13-23-9-10-26-17-7-3-2-5-15(17)11-23/h2-3,5,7,16H,4,6,8-13H2,1H3,(H,20,21,22)/t16-/m0/s1. The highest BCUT2D eigenvalue weighted by Gasteiger charge is 2.28. The number of H-pyrrole nitrogens is 1. The van der Waals surface area contributed by atoms with Gasteiger partial charge in [0.2, 0.25) is 5.91 Å². The lowest BCUT2D eigenvalue weighted by molar-refractivity contribution is -0.133. The van der Waals surface area contributed by atoms with Gasteiger partial charge in [0.15, 0.2) is 5.82 Å². The first-order chi connectivity index (χ1) is 12.7. The molecule has 138 valence electrons. The van der Waals surface area contributed by atoms with Gasteiger partial charge in [0.1, 0.15) is 18.2 Å². The molecule has 1 saturated heterocycles. The smallest absolute Gasteiger partial charge is 0.236 e. The first kappa shape index (κ1) is 17.0. The van der Waals surface area contributed by atoms with Crippen molar-refractivity contribution >= 4 is 5.91 Å². The molecule has 1 aromatic carbocycles. The highest BCUT2D eigenvalue weighted by atomic mass is 16.5. The molecule has 1 fully saturated rings. The first-order valence-electron chi connectivity index (χ1n) is 9.29. The minimum absolute atomic E-state index is 0.182. The van der Waals surface area contributed by atoms with Crippen molar-refractivity contribution in [1.29, 1.82) is 0 Å². The Hall–Kier alpha value is -2.41. The van der Waals surface area contributed by atoms with Crippen molar-refractivity contribution in [3.05, 3.63) is 41.5 Å². The third-order valence-electron chi connectivity index (χ3n) is 5.14. The van der Waals surface area contributed by atoms with E-state index in [-0.39, 0.29) is 11.8 Å². The summed E-state index contributed by atoms with van der Waals surface area (Å²) in [5, 5.41) is 7.19. The molecule has 7 nitrogen and oxygen atoms in total. The lowest BCUT2D eigenvalue weighted by Gasteiger charge is -2.33. The third-order valence-corrected chi connectivity index (χ3v) is 5.14. The third kappa shape index (κ3) is 3.72. The van der Waals surface area contributed by atoms with Gasteiger partial charge in [0.05, 0.1) is 6.54 Å². The van der Waals surface area contributed by atoms with Gasteiger partial charge in [-0.15, -0.1) is 0 Å². The van der Waals surface area contributed by atoms with Crippen molar-refractivity contribution in [3.63, 3.8) is 0 Å². The van der Waals surface area contributed by atoms with Gasteiger partial charge in [-0.2, -0.15) is 5.10 Å². The molecule has 0 bridgehead atoms.